The molecule has 1 aliphatic rings. The molecule has 1 heterocycles. The summed E-state index contributed by atoms with van der Waals surface area (Å²) in [5.74, 6) is 1.35. The predicted octanol–water partition coefficient (Wildman–Crippen LogP) is 6.14. The Morgan fingerprint density at radius 3 is 2.28 bits per heavy atom. The van der Waals surface area contributed by atoms with Crippen LogP contribution in [0, 0.1) is 0 Å². The molecule has 0 radical (unpaired) electrons. The van der Waals surface area contributed by atoms with Crippen LogP contribution in [0.2, 0.25) is 0 Å². The number of amides is 2. The number of carbonyl (C=O) groups excluding carboxylic acids is 1. The van der Waals surface area contributed by atoms with Gasteiger partial charge in [-0.3, -0.25) is 4.90 Å². The molecule has 0 aromatic heterocycles. The zero-order chi connectivity index (χ0) is 26.0. The number of carbonyl (C=O) groups is 1. The number of ether oxygens (including phenoxy) is 2. The van der Waals surface area contributed by atoms with Crippen LogP contribution in [-0.4, -0.2) is 36.2 Å². The van der Waals surface area contributed by atoms with Crippen molar-refractivity contribution in [1.29, 1.82) is 0 Å². The van der Waals surface area contributed by atoms with Crippen molar-refractivity contribution in [2.45, 2.75) is 31.7 Å². The Morgan fingerprint density at radius 1 is 1.03 bits per heavy atom. The number of hydrogen-bond donors (Lipinski definition) is 2. The molecule has 186 valence electrons. The van der Waals surface area contributed by atoms with Gasteiger partial charge in [0.05, 0.1) is 26.0 Å². The van der Waals surface area contributed by atoms with Gasteiger partial charge in [-0.15, -0.1) is 6.58 Å². The normalized spacial score (nSPS) is 15.9. The van der Waals surface area contributed by atoms with Gasteiger partial charge < -0.3 is 19.7 Å². The third kappa shape index (κ3) is 4.64. The lowest BCUT2D eigenvalue weighted by molar-refractivity contribution is 0.251. The van der Waals surface area contributed by atoms with Crippen LogP contribution in [0.5, 0.6) is 23.0 Å². The molecule has 3 aromatic carbocycles. The van der Waals surface area contributed by atoms with E-state index in [2.05, 4.69) is 11.6 Å². The summed E-state index contributed by atoms with van der Waals surface area (Å²) in [7, 11) is 3.12. The van der Waals surface area contributed by atoms with Gasteiger partial charge in [-0.1, -0.05) is 19.9 Å². The van der Waals surface area contributed by atoms with Gasteiger partial charge in [0.2, 0.25) is 0 Å². The molecule has 2 amide bonds. The van der Waals surface area contributed by atoms with E-state index in [9.17, 15) is 15.0 Å². The maximum Gasteiger partial charge on any atom is 0.348 e. The molecule has 1 aliphatic heterocycles. The molecular weight excluding hydrogens is 456 g/mol. The minimum atomic E-state index is -0.525. The van der Waals surface area contributed by atoms with E-state index in [1.807, 2.05) is 32.0 Å². The lowest BCUT2D eigenvalue weighted by Crippen LogP contribution is -2.39. The highest BCUT2D eigenvalue weighted by Crippen LogP contribution is 2.44. The summed E-state index contributed by atoms with van der Waals surface area (Å²) >= 11 is 0. The topological polar surface area (TPSA) is 91.6 Å². The Bertz CT molecular complexity index is 1310. The van der Waals surface area contributed by atoms with E-state index in [-0.39, 0.29) is 11.5 Å². The van der Waals surface area contributed by atoms with Crippen LogP contribution in [-0.2, 0) is 5.41 Å². The van der Waals surface area contributed by atoms with E-state index in [1.165, 1.54) is 7.11 Å². The van der Waals surface area contributed by atoms with Crippen molar-refractivity contribution in [3.63, 3.8) is 0 Å². The van der Waals surface area contributed by atoms with Crippen LogP contribution in [0.3, 0.4) is 0 Å². The SMILES string of the molecule is C=CC(C)(C)c1cc(C2CC(c3ccc(O)cc3)=NC(=O)N2c2ccc(OC)cc2)c(OC)cc1O. The molecule has 0 spiro atoms. The van der Waals surface area contributed by atoms with Crippen molar-refractivity contribution in [2.24, 2.45) is 4.99 Å². The highest BCUT2D eigenvalue weighted by molar-refractivity contribution is 6.12. The van der Waals surface area contributed by atoms with E-state index in [1.54, 1.807) is 60.6 Å². The first kappa shape index (κ1) is 24.9. The van der Waals surface area contributed by atoms with Gasteiger partial charge in [-0.25, -0.2) is 4.79 Å². The number of methoxy groups -OCH3 is 2. The van der Waals surface area contributed by atoms with Crippen LogP contribution in [0.1, 0.15) is 43.0 Å². The largest absolute Gasteiger partial charge is 0.508 e. The lowest BCUT2D eigenvalue weighted by Gasteiger charge is -2.36. The third-order valence-corrected chi connectivity index (χ3v) is 6.60. The van der Waals surface area contributed by atoms with E-state index >= 15 is 0 Å². The number of nitrogens with zero attached hydrogens (tertiary/aromatic N) is 2. The van der Waals surface area contributed by atoms with Gasteiger partial charge >= 0.3 is 6.03 Å². The van der Waals surface area contributed by atoms with Crippen LogP contribution < -0.4 is 14.4 Å². The molecule has 0 bridgehead atoms. The molecule has 0 fully saturated rings. The van der Waals surface area contributed by atoms with Gasteiger partial charge in [-0.05, 0) is 60.2 Å². The molecule has 0 saturated carbocycles. The predicted molar refractivity (Wildman–Crippen MR) is 141 cm³/mol. The smallest absolute Gasteiger partial charge is 0.348 e. The molecule has 3 aromatic rings. The molecule has 0 aliphatic carbocycles. The number of allylic oxidation sites excluding steroid dienone is 1. The standard InChI is InChI=1S/C29H30N2O5/c1-6-29(2,3)23-15-22(27(36-5)17-26(23)33)25-16-24(18-7-11-20(32)12-8-18)30-28(34)31(25)19-9-13-21(35-4)14-10-19/h6-15,17,25,32-33H,1,16H2,2-5H3. The number of phenols is 2. The van der Waals surface area contributed by atoms with E-state index in [0.717, 1.165) is 11.1 Å². The molecule has 4 rings (SSSR count). The number of phenolic OH excluding ortho intramolecular Hbond substituents is 2. The van der Waals surface area contributed by atoms with Crippen LogP contribution in [0.15, 0.2) is 78.3 Å². The summed E-state index contributed by atoms with van der Waals surface area (Å²) in [6, 6.07) is 16.4. The summed E-state index contributed by atoms with van der Waals surface area (Å²) in [5.41, 5.74) is 2.86. The molecular formula is C29H30N2O5. The minimum Gasteiger partial charge on any atom is -0.508 e. The highest BCUT2D eigenvalue weighted by atomic mass is 16.5. The summed E-state index contributed by atoms with van der Waals surface area (Å²) in [6.45, 7) is 7.85. The Hall–Kier alpha value is -4.26. The first-order chi connectivity index (χ1) is 17.2. The zero-order valence-electron chi connectivity index (χ0n) is 20.9. The van der Waals surface area contributed by atoms with Gasteiger partial charge in [0.25, 0.3) is 0 Å². The van der Waals surface area contributed by atoms with Crippen molar-refractivity contribution in [3.8, 4) is 23.0 Å². The summed E-state index contributed by atoms with van der Waals surface area (Å²) < 4.78 is 11.0. The monoisotopic (exact) mass is 486 g/mol. The number of aromatic hydroxyl groups is 2. The second-order valence-electron chi connectivity index (χ2n) is 9.21. The van der Waals surface area contributed by atoms with Crippen molar-refractivity contribution >= 4 is 17.4 Å². The maximum absolute atomic E-state index is 13.5. The van der Waals surface area contributed by atoms with Crippen molar-refractivity contribution < 1.29 is 24.5 Å². The number of rotatable bonds is 7. The van der Waals surface area contributed by atoms with Crippen molar-refractivity contribution in [1.82, 2.24) is 0 Å². The molecule has 36 heavy (non-hydrogen) atoms. The van der Waals surface area contributed by atoms with Gasteiger partial charge in [0, 0.05) is 34.7 Å². The van der Waals surface area contributed by atoms with Gasteiger partial charge in [0.1, 0.15) is 23.0 Å². The fourth-order valence-corrected chi connectivity index (χ4v) is 4.39. The van der Waals surface area contributed by atoms with E-state index in [4.69, 9.17) is 9.47 Å². The average molecular weight is 487 g/mol. The van der Waals surface area contributed by atoms with Crippen LogP contribution >= 0.6 is 0 Å². The molecule has 1 atom stereocenters. The summed E-state index contributed by atoms with van der Waals surface area (Å²) in [4.78, 5) is 19.6. The Labute approximate surface area is 210 Å². The third-order valence-electron chi connectivity index (χ3n) is 6.60. The Kier molecular flexibility index (Phi) is 6.75. The lowest BCUT2D eigenvalue weighted by atomic mass is 9.81. The number of anilines is 1. The first-order valence-electron chi connectivity index (χ1n) is 11.6. The average Bonchev–Trinajstić information content (AvgIpc) is 2.88. The molecule has 7 heteroatoms. The fourth-order valence-electron chi connectivity index (χ4n) is 4.39. The summed E-state index contributed by atoms with van der Waals surface area (Å²) in [5, 5.41) is 20.5. The molecule has 0 saturated heterocycles. The zero-order valence-corrected chi connectivity index (χ0v) is 20.9. The second-order valence-corrected chi connectivity index (χ2v) is 9.21. The van der Waals surface area contributed by atoms with Crippen molar-refractivity contribution in [2.75, 3.05) is 19.1 Å². The molecule has 7 nitrogen and oxygen atoms in total. The van der Waals surface area contributed by atoms with Gasteiger partial charge in [0.15, 0.2) is 0 Å². The highest BCUT2D eigenvalue weighted by Gasteiger charge is 2.36. The first-order valence-corrected chi connectivity index (χ1v) is 11.6. The minimum absolute atomic E-state index is 0.0889. The fraction of sp³-hybridized carbons (Fsp3) is 0.241. The Balaban J connectivity index is 1.91. The second kappa shape index (κ2) is 9.77. The number of aliphatic imine (C=N–C) groups is 1. The van der Waals surface area contributed by atoms with Gasteiger partial charge in [-0.2, -0.15) is 4.99 Å². The molecule has 1 unspecified atom stereocenters. The molecule has 2 N–H and O–H groups in total. The van der Waals surface area contributed by atoms with Crippen molar-refractivity contribution in [3.05, 3.63) is 90.0 Å². The number of hydrogen-bond acceptors (Lipinski definition) is 5. The van der Waals surface area contributed by atoms with Crippen LogP contribution in [0.4, 0.5) is 10.5 Å². The number of benzene rings is 3. The summed E-state index contributed by atoms with van der Waals surface area (Å²) in [6.07, 6.45) is 2.16. The quantitative estimate of drug-likeness (QED) is 0.392. The van der Waals surface area contributed by atoms with E-state index in [0.29, 0.717) is 34.9 Å². The Morgan fingerprint density at radius 2 is 1.69 bits per heavy atom. The van der Waals surface area contributed by atoms with Crippen LogP contribution in [0.25, 0.3) is 0 Å². The van der Waals surface area contributed by atoms with E-state index < -0.39 is 17.5 Å². The number of urea groups is 1. The maximum atomic E-state index is 13.5.